The van der Waals surface area contributed by atoms with Crippen molar-refractivity contribution < 1.29 is 9.47 Å². The highest BCUT2D eigenvalue weighted by Gasteiger charge is 2.10. The van der Waals surface area contributed by atoms with E-state index in [1.165, 1.54) is 0 Å². The number of nitrogens with one attached hydrogen (secondary N) is 1. The van der Waals surface area contributed by atoms with Crippen molar-refractivity contribution in [3.8, 4) is 17.4 Å². The molecule has 1 heterocycles. The quantitative estimate of drug-likeness (QED) is 0.378. The minimum Gasteiger partial charge on any atom is -0.490 e. The Morgan fingerprint density at radius 1 is 1.15 bits per heavy atom. The van der Waals surface area contributed by atoms with Gasteiger partial charge in [0, 0.05) is 17.8 Å². The van der Waals surface area contributed by atoms with Gasteiger partial charge in [-0.15, -0.1) is 24.0 Å². The second-order valence-electron chi connectivity index (χ2n) is 6.56. The summed E-state index contributed by atoms with van der Waals surface area (Å²) in [7, 11) is 0. The van der Waals surface area contributed by atoms with Crippen molar-refractivity contribution in [2.24, 2.45) is 10.7 Å². The third-order valence-corrected chi connectivity index (χ3v) is 3.10. The summed E-state index contributed by atoms with van der Waals surface area (Å²) in [6.07, 6.45) is 1.73. The third-order valence-electron chi connectivity index (χ3n) is 3.10. The zero-order valence-corrected chi connectivity index (χ0v) is 18.0. The zero-order chi connectivity index (χ0) is 18.3. The predicted molar refractivity (Wildman–Crippen MR) is 116 cm³/mol. The molecule has 0 aliphatic heterocycles. The van der Waals surface area contributed by atoms with Crippen LogP contribution in [-0.2, 0) is 6.54 Å². The number of aromatic nitrogens is 1. The van der Waals surface area contributed by atoms with Gasteiger partial charge in [0.1, 0.15) is 0 Å². The molecule has 3 N–H and O–H groups in total. The number of ether oxygens (including phenoxy) is 2. The van der Waals surface area contributed by atoms with Crippen molar-refractivity contribution in [2.75, 3.05) is 6.61 Å². The summed E-state index contributed by atoms with van der Waals surface area (Å²) in [5, 5.41) is 3.12. The largest absolute Gasteiger partial charge is 0.490 e. The lowest BCUT2D eigenvalue weighted by Crippen LogP contribution is -2.44. The summed E-state index contributed by atoms with van der Waals surface area (Å²) in [6.45, 7) is 9.06. The van der Waals surface area contributed by atoms with Crippen LogP contribution in [0.15, 0.2) is 47.6 Å². The smallest absolute Gasteiger partial charge is 0.219 e. The number of pyridine rings is 1. The molecule has 1 aromatic carbocycles. The maximum absolute atomic E-state index is 5.86. The van der Waals surface area contributed by atoms with Crippen LogP contribution in [0.25, 0.3) is 0 Å². The second-order valence-corrected chi connectivity index (χ2v) is 6.56. The lowest BCUT2D eigenvalue weighted by molar-refractivity contribution is 0.319. The number of rotatable bonds is 6. The number of halogens is 1. The summed E-state index contributed by atoms with van der Waals surface area (Å²) in [4.78, 5) is 8.63. The third kappa shape index (κ3) is 7.47. The number of hydrogen-bond acceptors (Lipinski definition) is 4. The fourth-order valence-electron chi connectivity index (χ4n) is 2.09. The molecule has 2 aromatic rings. The topological polar surface area (TPSA) is 81.8 Å². The Kier molecular flexibility index (Phi) is 8.64. The molecule has 0 fully saturated rings. The molecule has 6 nitrogen and oxygen atoms in total. The SMILES string of the molecule is CCOc1ccccc1Oc1ccc(CN=C(N)NC(C)(C)C)cn1.I. The van der Waals surface area contributed by atoms with Gasteiger partial charge in [-0.05, 0) is 45.4 Å². The molecule has 0 saturated carbocycles. The van der Waals surface area contributed by atoms with E-state index in [1.807, 2.05) is 58.0 Å². The summed E-state index contributed by atoms with van der Waals surface area (Å²) in [6, 6.07) is 11.2. The molecule has 2 rings (SSSR count). The van der Waals surface area contributed by atoms with Gasteiger partial charge in [0.2, 0.25) is 5.88 Å². The average Bonchev–Trinajstić information content (AvgIpc) is 2.55. The van der Waals surface area contributed by atoms with E-state index < -0.39 is 0 Å². The average molecular weight is 470 g/mol. The monoisotopic (exact) mass is 470 g/mol. The molecule has 1 aromatic heterocycles. The highest BCUT2D eigenvalue weighted by Crippen LogP contribution is 2.30. The Hall–Kier alpha value is -2.03. The van der Waals surface area contributed by atoms with Gasteiger partial charge < -0.3 is 20.5 Å². The Bertz CT molecular complexity index is 712. The van der Waals surface area contributed by atoms with Crippen LogP contribution < -0.4 is 20.5 Å². The van der Waals surface area contributed by atoms with Crippen LogP contribution in [0.2, 0.25) is 0 Å². The van der Waals surface area contributed by atoms with Crippen LogP contribution in [0.3, 0.4) is 0 Å². The maximum atomic E-state index is 5.86. The standard InChI is InChI=1S/C19H26N4O2.HI/c1-5-24-15-8-6-7-9-16(15)25-17-11-10-14(12-21-17)13-22-18(20)23-19(2,3)4;/h6-12H,5,13H2,1-4H3,(H3,20,22,23);1H. The van der Waals surface area contributed by atoms with Gasteiger partial charge in [-0.1, -0.05) is 18.2 Å². The number of aliphatic imine (C=N–C) groups is 1. The Morgan fingerprint density at radius 3 is 2.42 bits per heavy atom. The van der Waals surface area contributed by atoms with Crippen molar-refractivity contribution in [2.45, 2.75) is 39.8 Å². The molecule has 0 spiro atoms. The van der Waals surface area contributed by atoms with Crippen LogP contribution in [0, 0.1) is 0 Å². The highest BCUT2D eigenvalue weighted by atomic mass is 127. The van der Waals surface area contributed by atoms with Crippen LogP contribution >= 0.6 is 24.0 Å². The van der Waals surface area contributed by atoms with Gasteiger partial charge in [0.25, 0.3) is 0 Å². The summed E-state index contributed by atoms with van der Waals surface area (Å²) in [5.41, 5.74) is 6.70. The minimum absolute atomic E-state index is 0. The first kappa shape index (κ1) is 22.0. The number of benzene rings is 1. The van der Waals surface area contributed by atoms with Gasteiger partial charge in [0.05, 0.1) is 13.2 Å². The van der Waals surface area contributed by atoms with Crippen LogP contribution in [0.1, 0.15) is 33.3 Å². The Labute approximate surface area is 172 Å². The van der Waals surface area contributed by atoms with Crippen molar-refractivity contribution in [1.82, 2.24) is 10.3 Å². The summed E-state index contributed by atoms with van der Waals surface area (Å²) < 4.78 is 11.3. The molecule has 7 heteroatoms. The Morgan fingerprint density at radius 2 is 1.85 bits per heavy atom. The van der Waals surface area contributed by atoms with Crippen LogP contribution in [0.4, 0.5) is 0 Å². The summed E-state index contributed by atoms with van der Waals surface area (Å²) in [5.74, 6) is 2.25. The van der Waals surface area contributed by atoms with Gasteiger partial charge >= 0.3 is 0 Å². The van der Waals surface area contributed by atoms with E-state index in [2.05, 4.69) is 15.3 Å². The molecular formula is C19H27IN4O2. The first-order valence-corrected chi connectivity index (χ1v) is 8.30. The van der Waals surface area contributed by atoms with E-state index in [-0.39, 0.29) is 29.5 Å². The fraction of sp³-hybridized carbons (Fsp3) is 0.368. The van der Waals surface area contributed by atoms with E-state index in [1.54, 1.807) is 12.3 Å². The highest BCUT2D eigenvalue weighted by molar-refractivity contribution is 14.0. The van der Waals surface area contributed by atoms with Crippen molar-refractivity contribution >= 4 is 29.9 Å². The number of guanidine groups is 1. The first-order valence-electron chi connectivity index (χ1n) is 8.30. The predicted octanol–water partition coefficient (Wildman–Crippen LogP) is 4.09. The molecule has 0 amide bonds. The normalized spacial score (nSPS) is 11.5. The van der Waals surface area contributed by atoms with E-state index in [0.717, 1.165) is 5.56 Å². The fourth-order valence-corrected chi connectivity index (χ4v) is 2.09. The lowest BCUT2D eigenvalue weighted by atomic mass is 10.1. The molecule has 0 saturated heterocycles. The lowest BCUT2D eigenvalue weighted by Gasteiger charge is -2.20. The van der Waals surface area contributed by atoms with Gasteiger partial charge in [-0.25, -0.2) is 9.98 Å². The molecule has 0 atom stereocenters. The van der Waals surface area contributed by atoms with E-state index in [9.17, 15) is 0 Å². The molecule has 26 heavy (non-hydrogen) atoms. The maximum Gasteiger partial charge on any atom is 0.219 e. The van der Waals surface area contributed by atoms with E-state index >= 15 is 0 Å². The first-order chi connectivity index (χ1) is 11.9. The molecule has 142 valence electrons. The van der Waals surface area contributed by atoms with Crippen LogP contribution in [-0.4, -0.2) is 23.1 Å². The Balaban J connectivity index is 0.00000338. The second kappa shape index (κ2) is 10.2. The number of nitrogens with two attached hydrogens (primary N) is 1. The van der Waals surface area contributed by atoms with Crippen molar-refractivity contribution in [3.05, 3.63) is 48.2 Å². The number of nitrogens with zero attached hydrogens (tertiary/aromatic N) is 2. The molecule has 0 radical (unpaired) electrons. The number of para-hydroxylation sites is 2. The van der Waals surface area contributed by atoms with Gasteiger partial charge in [0.15, 0.2) is 17.5 Å². The molecule has 0 unspecified atom stereocenters. The van der Waals surface area contributed by atoms with E-state index in [4.69, 9.17) is 15.2 Å². The minimum atomic E-state index is -0.114. The van der Waals surface area contributed by atoms with Crippen molar-refractivity contribution in [1.29, 1.82) is 0 Å². The van der Waals surface area contributed by atoms with Gasteiger partial charge in [-0.2, -0.15) is 0 Å². The van der Waals surface area contributed by atoms with Crippen molar-refractivity contribution in [3.63, 3.8) is 0 Å². The van der Waals surface area contributed by atoms with E-state index in [0.29, 0.717) is 36.5 Å². The van der Waals surface area contributed by atoms with Crippen LogP contribution in [0.5, 0.6) is 17.4 Å². The summed E-state index contributed by atoms with van der Waals surface area (Å²) >= 11 is 0. The molecule has 0 aliphatic rings. The molecule has 0 bridgehead atoms. The number of hydrogen-bond donors (Lipinski definition) is 2. The zero-order valence-electron chi connectivity index (χ0n) is 15.7. The van der Waals surface area contributed by atoms with Gasteiger partial charge in [-0.3, -0.25) is 0 Å². The molecular weight excluding hydrogens is 443 g/mol. The molecule has 0 aliphatic carbocycles.